The molecule has 19 heavy (non-hydrogen) atoms. The van der Waals surface area contributed by atoms with E-state index in [1.165, 1.54) is 25.7 Å². The van der Waals surface area contributed by atoms with E-state index in [0.29, 0.717) is 11.9 Å². The Morgan fingerprint density at radius 3 is 2.37 bits per heavy atom. The molecule has 0 unspecified atom stereocenters. The fourth-order valence-corrected chi connectivity index (χ4v) is 2.39. The van der Waals surface area contributed by atoms with Crippen molar-refractivity contribution in [2.75, 3.05) is 18.0 Å². The third-order valence-corrected chi connectivity index (χ3v) is 3.38. The number of halogens is 1. The molecule has 3 heterocycles. The number of aromatic nitrogens is 5. The smallest absolute Gasteiger partial charge is 0.241 e. The maximum Gasteiger partial charge on any atom is 0.241 e. The van der Waals surface area contributed by atoms with Crippen LogP contribution in [-0.2, 0) is 0 Å². The normalized spacial score (nSPS) is 16.4. The summed E-state index contributed by atoms with van der Waals surface area (Å²) in [4.78, 5) is 19.0. The van der Waals surface area contributed by atoms with Gasteiger partial charge in [-0.2, -0.15) is 15.0 Å². The molecular formula is C12H15ClN6. The van der Waals surface area contributed by atoms with Gasteiger partial charge < -0.3 is 4.90 Å². The predicted molar refractivity (Wildman–Crippen MR) is 72.6 cm³/mol. The number of nitrogens with zero attached hydrogens (tertiary/aromatic N) is 6. The van der Waals surface area contributed by atoms with E-state index in [1.807, 2.05) is 0 Å². The Morgan fingerprint density at radius 2 is 1.68 bits per heavy atom. The van der Waals surface area contributed by atoms with Gasteiger partial charge in [0.1, 0.15) is 6.33 Å². The first-order valence-electron chi connectivity index (χ1n) is 6.48. The number of rotatable bonds is 2. The lowest BCUT2D eigenvalue weighted by Gasteiger charge is -2.20. The molecule has 0 saturated carbocycles. The molecule has 0 amide bonds. The summed E-state index contributed by atoms with van der Waals surface area (Å²) < 4.78 is 1.73. The largest absolute Gasteiger partial charge is 0.341 e. The minimum atomic E-state index is 0.220. The molecule has 1 aliphatic heterocycles. The highest BCUT2D eigenvalue weighted by Gasteiger charge is 2.15. The molecule has 0 atom stereocenters. The molecule has 1 fully saturated rings. The lowest BCUT2D eigenvalue weighted by atomic mass is 10.2. The lowest BCUT2D eigenvalue weighted by Crippen LogP contribution is -2.26. The Morgan fingerprint density at radius 1 is 0.947 bits per heavy atom. The Kier molecular flexibility index (Phi) is 3.59. The van der Waals surface area contributed by atoms with Crippen LogP contribution in [0.3, 0.4) is 0 Å². The van der Waals surface area contributed by atoms with Crippen molar-refractivity contribution in [2.24, 2.45) is 0 Å². The van der Waals surface area contributed by atoms with Gasteiger partial charge in [0.25, 0.3) is 0 Å². The highest BCUT2D eigenvalue weighted by molar-refractivity contribution is 6.28. The summed E-state index contributed by atoms with van der Waals surface area (Å²) in [5.74, 6) is 1.17. The molecule has 7 heteroatoms. The fraction of sp³-hybridized carbons (Fsp3) is 0.500. The topological polar surface area (TPSA) is 59.7 Å². The van der Waals surface area contributed by atoms with Gasteiger partial charge in [0.15, 0.2) is 0 Å². The van der Waals surface area contributed by atoms with E-state index < -0.39 is 0 Å². The summed E-state index contributed by atoms with van der Waals surface area (Å²) in [5.41, 5.74) is 0. The van der Waals surface area contributed by atoms with E-state index in [2.05, 4.69) is 24.8 Å². The first-order valence-corrected chi connectivity index (χ1v) is 6.85. The van der Waals surface area contributed by atoms with Crippen LogP contribution in [0, 0.1) is 0 Å². The molecule has 3 rings (SSSR count). The van der Waals surface area contributed by atoms with Crippen molar-refractivity contribution in [1.29, 1.82) is 0 Å². The highest BCUT2D eigenvalue weighted by Crippen LogP contribution is 2.18. The number of hydrogen-bond donors (Lipinski definition) is 0. The van der Waals surface area contributed by atoms with Crippen LogP contribution in [0.2, 0.25) is 5.28 Å². The zero-order valence-corrected chi connectivity index (χ0v) is 11.3. The summed E-state index contributed by atoms with van der Waals surface area (Å²) >= 11 is 6.00. The minimum Gasteiger partial charge on any atom is -0.341 e. The predicted octanol–water partition coefficient (Wildman–Crippen LogP) is 2.09. The van der Waals surface area contributed by atoms with Crippen LogP contribution in [0.4, 0.5) is 5.95 Å². The third-order valence-electron chi connectivity index (χ3n) is 3.21. The molecule has 0 spiro atoms. The van der Waals surface area contributed by atoms with Gasteiger partial charge in [-0.05, 0) is 24.4 Å². The maximum atomic E-state index is 6.00. The first-order chi connectivity index (χ1) is 9.33. The lowest BCUT2D eigenvalue weighted by molar-refractivity contribution is 0.726. The zero-order valence-electron chi connectivity index (χ0n) is 10.5. The SMILES string of the molecule is Clc1nc(N2CCCCCC2)nc(-n2ccnc2)n1. The van der Waals surface area contributed by atoms with E-state index in [-0.39, 0.29) is 5.28 Å². The molecular weight excluding hydrogens is 264 g/mol. The zero-order chi connectivity index (χ0) is 13.1. The summed E-state index contributed by atoms with van der Waals surface area (Å²) in [6, 6.07) is 0. The summed E-state index contributed by atoms with van der Waals surface area (Å²) in [6.45, 7) is 1.95. The number of anilines is 1. The summed E-state index contributed by atoms with van der Waals surface area (Å²) in [7, 11) is 0. The molecule has 0 radical (unpaired) electrons. The average molecular weight is 279 g/mol. The second-order valence-corrected chi connectivity index (χ2v) is 4.91. The summed E-state index contributed by atoms with van der Waals surface area (Å²) in [6.07, 6.45) is 10.00. The van der Waals surface area contributed by atoms with Crippen LogP contribution in [0.5, 0.6) is 0 Å². The van der Waals surface area contributed by atoms with Crippen molar-refractivity contribution in [2.45, 2.75) is 25.7 Å². The van der Waals surface area contributed by atoms with Crippen molar-refractivity contribution >= 4 is 17.5 Å². The Balaban J connectivity index is 1.92. The molecule has 2 aromatic rings. The molecule has 0 aromatic carbocycles. The molecule has 1 saturated heterocycles. The molecule has 0 N–H and O–H groups in total. The number of imidazole rings is 1. The number of hydrogen-bond acceptors (Lipinski definition) is 5. The van der Waals surface area contributed by atoms with E-state index in [4.69, 9.17) is 11.6 Å². The van der Waals surface area contributed by atoms with Gasteiger partial charge in [0, 0.05) is 25.5 Å². The average Bonchev–Trinajstić information content (AvgIpc) is 2.81. The van der Waals surface area contributed by atoms with Crippen LogP contribution in [-0.4, -0.2) is 37.6 Å². The Labute approximate surface area is 116 Å². The summed E-state index contributed by atoms with van der Waals surface area (Å²) in [5, 5.41) is 0.220. The molecule has 1 aliphatic rings. The van der Waals surface area contributed by atoms with Crippen LogP contribution in [0.15, 0.2) is 18.7 Å². The van der Waals surface area contributed by atoms with Gasteiger partial charge in [-0.1, -0.05) is 12.8 Å². The maximum absolute atomic E-state index is 6.00. The first kappa shape index (κ1) is 12.3. The van der Waals surface area contributed by atoms with Gasteiger partial charge >= 0.3 is 0 Å². The second-order valence-electron chi connectivity index (χ2n) is 4.58. The quantitative estimate of drug-likeness (QED) is 0.842. The molecule has 0 bridgehead atoms. The molecule has 100 valence electrons. The van der Waals surface area contributed by atoms with Crippen LogP contribution in [0.25, 0.3) is 5.95 Å². The van der Waals surface area contributed by atoms with Crippen LogP contribution in [0.1, 0.15) is 25.7 Å². The van der Waals surface area contributed by atoms with Crippen molar-refractivity contribution in [1.82, 2.24) is 24.5 Å². The van der Waals surface area contributed by atoms with E-state index in [1.54, 1.807) is 23.3 Å². The van der Waals surface area contributed by atoms with E-state index in [0.717, 1.165) is 13.1 Å². The Hall–Kier alpha value is -1.69. The van der Waals surface area contributed by atoms with Crippen LogP contribution < -0.4 is 4.90 Å². The van der Waals surface area contributed by atoms with E-state index in [9.17, 15) is 0 Å². The van der Waals surface area contributed by atoms with Crippen LogP contribution >= 0.6 is 11.6 Å². The Bertz CT molecular complexity index is 533. The van der Waals surface area contributed by atoms with E-state index >= 15 is 0 Å². The minimum absolute atomic E-state index is 0.220. The van der Waals surface area contributed by atoms with Gasteiger partial charge in [-0.15, -0.1) is 0 Å². The van der Waals surface area contributed by atoms with Gasteiger partial charge in [-0.3, -0.25) is 4.57 Å². The van der Waals surface area contributed by atoms with Gasteiger partial charge in [-0.25, -0.2) is 4.98 Å². The van der Waals surface area contributed by atoms with Gasteiger partial charge in [0.05, 0.1) is 0 Å². The molecule has 6 nitrogen and oxygen atoms in total. The second kappa shape index (κ2) is 5.52. The molecule has 0 aliphatic carbocycles. The van der Waals surface area contributed by atoms with Gasteiger partial charge in [0.2, 0.25) is 17.2 Å². The van der Waals surface area contributed by atoms with Crippen molar-refractivity contribution in [3.63, 3.8) is 0 Å². The molecule has 2 aromatic heterocycles. The third kappa shape index (κ3) is 2.84. The fourth-order valence-electron chi connectivity index (χ4n) is 2.23. The highest BCUT2D eigenvalue weighted by atomic mass is 35.5. The van der Waals surface area contributed by atoms with Crippen molar-refractivity contribution in [3.8, 4) is 5.95 Å². The standard InChI is InChI=1S/C12H15ClN6/c13-10-15-11(18-6-3-1-2-4-7-18)17-12(16-10)19-8-5-14-9-19/h5,8-9H,1-4,6-7H2. The van der Waals surface area contributed by atoms with Crippen molar-refractivity contribution in [3.05, 3.63) is 24.0 Å². The monoisotopic (exact) mass is 278 g/mol. The van der Waals surface area contributed by atoms with Crippen molar-refractivity contribution < 1.29 is 0 Å².